The van der Waals surface area contributed by atoms with E-state index in [0.29, 0.717) is 5.75 Å². The van der Waals surface area contributed by atoms with Gasteiger partial charge in [0, 0.05) is 0 Å². The van der Waals surface area contributed by atoms with Crippen LogP contribution in [0.4, 0.5) is 0 Å². The van der Waals surface area contributed by atoms with Gasteiger partial charge in [0.1, 0.15) is 5.75 Å². The predicted molar refractivity (Wildman–Crippen MR) is 139 cm³/mol. The molecule has 3 rings (SSSR count). The molecule has 1 aromatic rings. The first-order valence-electron chi connectivity index (χ1n) is 13.8. The smallest absolute Gasteiger partial charge is 0.314 e. The van der Waals surface area contributed by atoms with Crippen molar-refractivity contribution in [2.75, 3.05) is 0 Å². The number of esters is 1. The highest BCUT2D eigenvalue weighted by molar-refractivity contribution is 5.75. The van der Waals surface area contributed by atoms with E-state index in [2.05, 4.69) is 44.2 Å². The molecule has 1 aromatic carbocycles. The van der Waals surface area contributed by atoms with Crippen LogP contribution in [0.3, 0.4) is 0 Å². The summed E-state index contributed by atoms with van der Waals surface area (Å²) in [5.41, 5.74) is 2.82. The summed E-state index contributed by atoms with van der Waals surface area (Å²) in [5.74, 6) is 2.51. The summed E-state index contributed by atoms with van der Waals surface area (Å²) in [6.07, 6.45) is 25.3. The molecule has 182 valence electrons. The van der Waals surface area contributed by atoms with Crippen molar-refractivity contribution in [2.24, 2.45) is 17.8 Å². The van der Waals surface area contributed by atoms with Gasteiger partial charge in [-0.05, 0) is 74.5 Å². The van der Waals surface area contributed by atoms with Crippen LogP contribution in [0.5, 0.6) is 5.75 Å². The van der Waals surface area contributed by atoms with Crippen LogP contribution < -0.4 is 4.74 Å². The fraction of sp³-hybridized carbons (Fsp3) is 0.645. The van der Waals surface area contributed by atoms with Crippen molar-refractivity contribution in [3.05, 3.63) is 53.6 Å². The topological polar surface area (TPSA) is 26.3 Å². The monoisotopic (exact) mass is 450 g/mol. The van der Waals surface area contributed by atoms with Gasteiger partial charge >= 0.3 is 5.97 Å². The van der Waals surface area contributed by atoms with Gasteiger partial charge in [-0.15, -0.1) is 0 Å². The minimum absolute atomic E-state index is 0.000631. The molecular formula is C31H46O2. The maximum Gasteiger partial charge on any atom is 0.314 e. The van der Waals surface area contributed by atoms with E-state index < -0.39 is 0 Å². The highest BCUT2D eigenvalue weighted by atomic mass is 16.5. The lowest BCUT2D eigenvalue weighted by Gasteiger charge is -2.28. The normalized spacial score (nSPS) is 23.5. The second kappa shape index (κ2) is 14.4. The number of unbranched alkanes of at least 4 members (excludes halogenated alkanes) is 2. The minimum Gasteiger partial charge on any atom is -0.426 e. The van der Waals surface area contributed by atoms with E-state index in [0.717, 1.165) is 50.4 Å². The summed E-state index contributed by atoms with van der Waals surface area (Å²) >= 11 is 0. The number of aryl methyl sites for hydroxylation is 1. The standard InChI is InChI=1S/C31H46O2/c1-3-5-7-9-25-11-13-27(14-12-25)15-16-28-19-23-30(24-20-28)33-31(32)29-21-17-26(18-22-29)10-8-6-4-2/h6,8,17,19-20,23-25,27,29H,3-5,7,9-16,18,21-22H2,1-2H3. The Kier molecular flexibility index (Phi) is 11.3. The van der Waals surface area contributed by atoms with Gasteiger partial charge in [0.15, 0.2) is 0 Å². The number of hydrogen-bond acceptors (Lipinski definition) is 2. The quantitative estimate of drug-likeness (QED) is 0.137. The second-order valence-corrected chi connectivity index (χ2v) is 10.4. The molecule has 2 nitrogen and oxygen atoms in total. The van der Waals surface area contributed by atoms with Gasteiger partial charge in [0.25, 0.3) is 0 Å². The molecule has 0 aromatic heterocycles. The van der Waals surface area contributed by atoms with Crippen molar-refractivity contribution < 1.29 is 9.53 Å². The summed E-state index contributed by atoms with van der Waals surface area (Å²) in [5, 5.41) is 0. The summed E-state index contributed by atoms with van der Waals surface area (Å²) in [6, 6.07) is 8.27. The summed E-state index contributed by atoms with van der Waals surface area (Å²) < 4.78 is 5.71. The summed E-state index contributed by atoms with van der Waals surface area (Å²) in [6.45, 7) is 4.45. The maximum atomic E-state index is 12.6. The van der Waals surface area contributed by atoms with Crippen molar-refractivity contribution >= 4 is 5.97 Å². The Morgan fingerprint density at radius 3 is 2.30 bits per heavy atom. The zero-order valence-corrected chi connectivity index (χ0v) is 21.2. The summed E-state index contributed by atoms with van der Waals surface area (Å²) in [7, 11) is 0. The van der Waals surface area contributed by atoms with Gasteiger partial charge in [0.2, 0.25) is 0 Å². The molecule has 33 heavy (non-hydrogen) atoms. The molecule has 0 aliphatic heterocycles. The SMILES string of the molecule is CCC=CCC1=CCC(C(=O)Oc2ccc(CCC3CCC(CCCCC)CC3)cc2)CC1. The van der Waals surface area contributed by atoms with Gasteiger partial charge in [0.05, 0.1) is 5.92 Å². The van der Waals surface area contributed by atoms with E-state index >= 15 is 0 Å². The van der Waals surface area contributed by atoms with Crippen LogP contribution in [0, 0.1) is 17.8 Å². The molecule has 1 fully saturated rings. The molecule has 1 saturated carbocycles. The van der Waals surface area contributed by atoms with E-state index in [-0.39, 0.29) is 11.9 Å². The van der Waals surface area contributed by atoms with E-state index in [1.165, 1.54) is 68.9 Å². The highest BCUT2D eigenvalue weighted by Crippen LogP contribution is 2.34. The van der Waals surface area contributed by atoms with Crippen LogP contribution in [-0.2, 0) is 11.2 Å². The average Bonchev–Trinajstić information content (AvgIpc) is 2.85. The fourth-order valence-corrected chi connectivity index (χ4v) is 5.48. The molecule has 0 spiro atoms. The first-order valence-corrected chi connectivity index (χ1v) is 13.8. The Morgan fingerprint density at radius 1 is 0.939 bits per heavy atom. The Bertz CT molecular complexity index is 750. The molecule has 2 aliphatic carbocycles. The van der Waals surface area contributed by atoms with Crippen LogP contribution in [0.25, 0.3) is 0 Å². The van der Waals surface area contributed by atoms with Crippen molar-refractivity contribution in [2.45, 2.75) is 110 Å². The Hall–Kier alpha value is -1.83. The van der Waals surface area contributed by atoms with Gasteiger partial charge in [-0.3, -0.25) is 4.79 Å². The van der Waals surface area contributed by atoms with Crippen molar-refractivity contribution in [1.29, 1.82) is 0 Å². The molecule has 0 amide bonds. The molecule has 2 heteroatoms. The molecule has 0 saturated heterocycles. The maximum absolute atomic E-state index is 12.6. The van der Waals surface area contributed by atoms with E-state index in [9.17, 15) is 4.79 Å². The largest absolute Gasteiger partial charge is 0.426 e. The lowest BCUT2D eigenvalue weighted by atomic mass is 9.78. The van der Waals surface area contributed by atoms with Gasteiger partial charge in [-0.25, -0.2) is 0 Å². The molecule has 1 unspecified atom stereocenters. The molecule has 0 radical (unpaired) electrons. The van der Waals surface area contributed by atoms with E-state index in [4.69, 9.17) is 4.74 Å². The van der Waals surface area contributed by atoms with Gasteiger partial charge < -0.3 is 4.74 Å². The Morgan fingerprint density at radius 2 is 1.67 bits per heavy atom. The van der Waals surface area contributed by atoms with Crippen LogP contribution in [0.2, 0.25) is 0 Å². The molecular weight excluding hydrogens is 404 g/mol. The number of allylic oxidation sites excluding steroid dienone is 4. The number of carbonyl (C=O) groups is 1. The van der Waals surface area contributed by atoms with Crippen molar-refractivity contribution in [3.63, 3.8) is 0 Å². The predicted octanol–water partition coefficient (Wildman–Crippen LogP) is 8.99. The third-order valence-corrected chi connectivity index (χ3v) is 7.79. The van der Waals surface area contributed by atoms with Crippen LogP contribution in [0.15, 0.2) is 48.1 Å². The molecule has 2 aliphatic rings. The van der Waals surface area contributed by atoms with E-state index in [1.54, 1.807) is 0 Å². The number of hydrogen-bond donors (Lipinski definition) is 0. The molecule has 1 atom stereocenters. The molecule has 0 N–H and O–H groups in total. The van der Waals surface area contributed by atoms with Crippen LogP contribution >= 0.6 is 0 Å². The number of benzene rings is 1. The molecule has 0 bridgehead atoms. The third kappa shape index (κ3) is 9.14. The number of rotatable bonds is 12. The van der Waals surface area contributed by atoms with Gasteiger partial charge in [-0.2, -0.15) is 0 Å². The Balaban J connectivity index is 1.35. The highest BCUT2D eigenvalue weighted by Gasteiger charge is 2.23. The summed E-state index contributed by atoms with van der Waals surface area (Å²) in [4.78, 5) is 12.6. The fourth-order valence-electron chi connectivity index (χ4n) is 5.48. The second-order valence-electron chi connectivity index (χ2n) is 10.4. The van der Waals surface area contributed by atoms with Gasteiger partial charge in [-0.1, -0.05) is 101 Å². The van der Waals surface area contributed by atoms with Crippen molar-refractivity contribution in [3.8, 4) is 5.75 Å². The molecule has 0 heterocycles. The Labute approximate surface area is 202 Å². The lowest BCUT2D eigenvalue weighted by Crippen LogP contribution is -2.22. The van der Waals surface area contributed by atoms with E-state index in [1.807, 2.05) is 12.1 Å². The zero-order valence-electron chi connectivity index (χ0n) is 21.2. The number of ether oxygens (including phenoxy) is 1. The first kappa shape index (κ1) is 25.8. The van der Waals surface area contributed by atoms with Crippen molar-refractivity contribution in [1.82, 2.24) is 0 Å². The average molecular weight is 451 g/mol. The number of carbonyl (C=O) groups excluding carboxylic acids is 1. The third-order valence-electron chi connectivity index (χ3n) is 7.79. The van der Waals surface area contributed by atoms with Crippen LogP contribution in [0.1, 0.15) is 109 Å². The lowest BCUT2D eigenvalue weighted by molar-refractivity contribution is -0.139. The minimum atomic E-state index is -0.0714. The van der Waals surface area contributed by atoms with Crippen LogP contribution in [-0.4, -0.2) is 5.97 Å². The first-order chi connectivity index (χ1) is 16.2. The zero-order chi connectivity index (χ0) is 23.3.